The van der Waals surface area contributed by atoms with Crippen LogP contribution in [0.2, 0.25) is 0 Å². The lowest BCUT2D eigenvalue weighted by molar-refractivity contribution is -0.118. The number of rotatable bonds is 9. The first-order valence-electron chi connectivity index (χ1n) is 10.5. The standard InChI is InChI=1S/C22H28N4O7S/c1-15(27)23-18-12-20(32-3)21(13-19(18)31-2)34(29,30)25-17-7-5-4-6-16(17)24-22(28)14-26-8-10-33-11-9-26/h4-7,12-13,25H,8-11,14H2,1-3H3,(H,23,27)(H,24,28). The van der Waals surface area contributed by atoms with Crippen molar-refractivity contribution in [3.63, 3.8) is 0 Å². The second-order valence-electron chi connectivity index (χ2n) is 7.47. The normalized spacial score (nSPS) is 14.2. The number of ether oxygens (including phenoxy) is 3. The van der Waals surface area contributed by atoms with Crippen molar-refractivity contribution >= 4 is 38.9 Å². The molecule has 1 fully saturated rings. The van der Waals surface area contributed by atoms with Crippen molar-refractivity contribution in [2.75, 3.05) is 62.4 Å². The Hall–Kier alpha value is -3.35. The Balaban J connectivity index is 1.85. The first kappa shape index (κ1) is 25.3. The lowest BCUT2D eigenvalue weighted by Gasteiger charge is -2.26. The summed E-state index contributed by atoms with van der Waals surface area (Å²) in [5, 5.41) is 5.34. The maximum absolute atomic E-state index is 13.3. The minimum atomic E-state index is -4.17. The number of carbonyl (C=O) groups is 2. The fourth-order valence-corrected chi connectivity index (χ4v) is 4.65. The molecule has 11 nitrogen and oxygen atoms in total. The van der Waals surface area contributed by atoms with Gasteiger partial charge in [0, 0.05) is 32.1 Å². The van der Waals surface area contributed by atoms with Gasteiger partial charge >= 0.3 is 0 Å². The third kappa shape index (κ3) is 6.37. The van der Waals surface area contributed by atoms with Crippen molar-refractivity contribution in [3.8, 4) is 11.5 Å². The molecular formula is C22H28N4O7S. The van der Waals surface area contributed by atoms with E-state index in [1.807, 2.05) is 4.90 Å². The molecule has 2 amide bonds. The molecular weight excluding hydrogens is 464 g/mol. The van der Waals surface area contributed by atoms with Crippen LogP contribution < -0.4 is 24.8 Å². The number of carbonyl (C=O) groups excluding carboxylic acids is 2. The molecule has 2 aromatic carbocycles. The molecule has 1 aliphatic heterocycles. The van der Waals surface area contributed by atoms with Crippen molar-refractivity contribution in [2.45, 2.75) is 11.8 Å². The van der Waals surface area contributed by atoms with Crippen LogP contribution in [0.4, 0.5) is 17.1 Å². The average molecular weight is 493 g/mol. The maximum atomic E-state index is 13.3. The Bertz CT molecular complexity index is 1150. The molecule has 0 aliphatic carbocycles. The predicted molar refractivity (Wildman–Crippen MR) is 127 cm³/mol. The number of nitrogens with one attached hydrogen (secondary N) is 3. The average Bonchev–Trinajstić information content (AvgIpc) is 2.80. The largest absolute Gasteiger partial charge is 0.495 e. The van der Waals surface area contributed by atoms with E-state index >= 15 is 0 Å². The number of anilines is 3. The fourth-order valence-electron chi connectivity index (χ4n) is 3.40. The molecule has 0 atom stereocenters. The highest BCUT2D eigenvalue weighted by Crippen LogP contribution is 2.37. The Kier molecular flexibility index (Phi) is 8.31. The van der Waals surface area contributed by atoms with E-state index in [9.17, 15) is 18.0 Å². The number of nitrogens with zero attached hydrogens (tertiary/aromatic N) is 1. The summed E-state index contributed by atoms with van der Waals surface area (Å²) < 4.78 is 44.8. The zero-order chi connectivity index (χ0) is 24.7. The fraction of sp³-hybridized carbons (Fsp3) is 0.364. The van der Waals surface area contributed by atoms with E-state index in [0.717, 1.165) is 0 Å². The van der Waals surface area contributed by atoms with Crippen molar-refractivity contribution in [3.05, 3.63) is 36.4 Å². The van der Waals surface area contributed by atoms with Gasteiger partial charge in [0.2, 0.25) is 11.8 Å². The molecule has 34 heavy (non-hydrogen) atoms. The van der Waals surface area contributed by atoms with Crippen LogP contribution in [0.25, 0.3) is 0 Å². The van der Waals surface area contributed by atoms with Gasteiger partial charge in [-0.2, -0.15) is 0 Å². The summed E-state index contributed by atoms with van der Waals surface area (Å²) in [6, 6.07) is 9.10. The minimum absolute atomic E-state index is 0.00545. The molecule has 3 N–H and O–H groups in total. The van der Waals surface area contributed by atoms with Crippen LogP contribution in [-0.2, 0) is 24.3 Å². The Morgan fingerprint density at radius 1 is 0.971 bits per heavy atom. The Morgan fingerprint density at radius 3 is 2.24 bits per heavy atom. The molecule has 0 saturated carbocycles. The van der Waals surface area contributed by atoms with E-state index < -0.39 is 10.0 Å². The molecule has 0 spiro atoms. The van der Waals surface area contributed by atoms with Gasteiger partial charge in [0.05, 0.1) is 51.0 Å². The highest BCUT2D eigenvalue weighted by molar-refractivity contribution is 7.92. The van der Waals surface area contributed by atoms with E-state index in [4.69, 9.17) is 14.2 Å². The summed E-state index contributed by atoms with van der Waals surface area (Å²) in [6.07, 6.45) is 0. The molecule has 2 aromatic rings. The summed E-state index contributed by atoms with van der Waals surface area (Å²) in [5.74, 6) is -0.474. The van der Waals surface area contributed by atoms with E-state index in [-0.39, 0.29) is 46.1 Å². The number of benzene rings is 2. The molecule has 3 rings (SSSR count). The van der Waals surface area contributed by atoms with Gasteiger partial charge in [0.15, 0.2) is 0 Å². The molecule has 184 valence electrons. The Morgan fingerprint density at radius 2 is 1.62 bits per heavy atom. The minimum Gasteiger partial charge on any atom is -0.495 e. The summed E-state index contributed by atoms with van der Waals surface area (Å²) >= 11 is 0. The zero-order valence-corrected chi connectivity index (χ0v) is 20.0. The number of sulfonamides is 1. The monoisotopic (exact) mass is 492 g/mol. The summed E-state index contributed by atoms with van der Waals surface area (Å²) in [5.41, 5.74) is 0.761. The molecule has 0 aromatic heterocycles. The number of morpholine rings is 1. The number of para-hydroxylation sites is 2. The number of hydrogen-bond donors (Lipinski definition) is 3. The first-order chi connectivity index (χ1) is 16.2. The molecule has 0 bridgehead atoms. The Labute approximate surface area is 198 Å². The van der Waals surface area contributed by atoms with Crippen molar-refractivity contribution < 1.29 is 32.2 Å². The molecule has 1 saturated heterocycles. The molecule has 0 radical (unpaired) electrons. The van der Waals surface area contributed by atoms with Gasteiger partial charge in [-0.05, 0) is 12.1 Å². The van der Waals surface area contributed by atoms with Crippen LogP contribution in [0.15, 0.2) is 41.3 Å². The van der Waals surface area contributed by atoms with Gasteiger partial charge in [-0.25, -0.2) is 8.42 Å². The molecule has 12 heteroatoms. The SMILES string of the molecule is COc1cc(S(=O)(=O)Nc2ccccc2NC(=O)CN2CCOCC2)c(OC)cc1NC(C)=O. The summed E-state index contributed by atoms with van der Waals surface area (Å²) in [4.78, 5) is 25.8. The highest BCUT2D eigenvalue weighted by Gasteiger charge is 2.25. The van der Waals surface area contributed by atoms with Crippen LogP contribution >= 0.6 is 0 Å². The van der Waals surface area contributed by atoms with Gasteiger partial charge in [-0.3, -0.25) is 19.2 Å². The highest BCUT2D eigenvalue weighted by atomic mass is 32.2. The predicted octanol–water partition coefficient (Wildman–Crippen LogP) is 1.73. The van der Waals surface area contributed by atoms with E-state index in [1.165, 1.54) is 39.3 Å². The third-order valence-corrected chi connectivity index (χ3v) is 6.39. The number of methoxy groups -OCH3 is 2. The molecule has 0 unspecified atom stereocenters. The van der Waals surface area contributed by atoms with Crippen LogP contribution in [0.3, 0.4) is 0 Å². The van der Waals surface area contributed by atoms with Gasteiger partial charge < -0.3 is 24.8 Å². The van der Waals surface area contributed by atoms with Crippen molar-refractivity contribution in [1.82, 2.24) is 4.90 Å². The smallest absolute Gasteiger partial charge is 0.265 e. The van der Waals surface area contributed by atoms with Crippen LogP contribution in [0.1, 0.15) is 6.92 Å². The lowest BCUT2D eigenvalue weighted by Crippen LogP contribution is -2.41. The second kappa shape index (κ2) is 11.2. The summed E-state index contributed by atoms with van der Waals surface area (Å²) in [6.45, 7) is 3.92. The number of hydrogen-bond acceptors (Lipinski definition) is 8. The topological polar surface area (TPSA) is 135 Å². The maximum Gasteiger partial charge on any atom is 0.265 e. The third-order valence-electron chi connectivity index (χ3n) is 5.00. The van der Waals surface area contributed by atoms with Crippen molar-refractivity contribution in [1.29, 1.82) is 0 Å². The quantitative estimate of drug-likeness (QED) is 0.482. The van der Waals surface area contributed by atoms with E-state index in [1.54, 1.807) is 18.2 Å². The lowest BCUT2D eigenvalue weighted by atomic mass is 10.2. The zero-order valence-electron chi connectivity index (χ0n) is 19.2. The van der Waals surface area contributed by atoms with Crippen LogP contribution in [0.5, 0.6) is 11.5 Å². The van der Waals surface area contributed by atoms with E-state index in [2.05, 4.69) is 15.4 Å². The van der Waals surface area contributed by atoms with Gasteiger partial charge in [-0.1, -0.05) is 12.1 Å². The first-order valence-corrected chi connectivity index (χ1v) is 12.0. The van der Waals surface area contributed by atoms with E-state index in [0.29, 0.717) is 32.0 Å². The van der Waals surface area contributed by atoms with Gasteiger partial charge in [0.1, 0.15) is 16.4 Å². The van der Waals surface area contributed by atoms with Crippen molar-refractivity contribution in [2.24, 2.45) is 0 Å². The van der Waals surface area contributed by atoms with Crippen LogP contribution in [0, 0.1) is 0 Å². The second-order valence-corrected chi connectivity index (χ2v) is 9.12. The van der Waals surface area contributed by atoms with Crippen LogP contribution in [-0.4, -0.2) is 72.2 Å². The van der Waals surface area contributed by atoms with Gasteiger partial charge in [-0.15, -0.1) is 0 Å². The molecule has 1 aliphatic rings. The summed E-state index contributed by atoms with van der Waals surface area (Å²) in [7, 11) is -1.49. The van der Waals surface area contributed by atoms with Gasteiger partial charge in [0.25, 0.3) is 10.0 Å². The number of amides is 2. The molecule has 1 heterocycles.